The van der Waals surface area contributed by atoms with Crippen LogP contribution in [0.5, 0.6) is 5.88 Å². The molecule has 0 bridgehead atoms. The van der Waals surface area contributed by atoms with Crippen LogP contribution < -0.4 is 9.64 Å². The maximum absolute atomic E-state index is 10.3. The molecule has 0 aliphatic carbocycles. The molecule has 0 saturated carbocycles. The SMILES string of the molecule is CCOc1cncc(N2CCC[C@@H]2[C@@H]2COCC[C@H]2O)n1. The van der Waals surface area contributed by atoms with Crippen molar-refractivity contribution in [2.24, 2.45) is 5.92 Å². The molecule has 0 amide bonds. The lowest BCUT2D eigenvalue weighted by Crippen LogP contribution is -2.46. The van der Waals surface area contributed by atoms with Crippen molar-refractivity contribution in [1.29, 1.82) is 0 Å². The van der Waals surface area contributed by atoms with Crippen molar-refractivity contribution in [2.45, 2.75) is 38.3 Å². The minimum Gasteiger partial charge on any atom is -0.477 e. The van der Waals surface area contributed by atoms with E-state index in [1.807, 2.05) is 6.92 Å². The van der Waals surface area contributed by atoms with Gasteiger partial charge in [-0.2, -0.15) is 4.98 Å². The maximum atomic E-state index is 10.3. The zero-order chi connectivity index (χ0) is 14.7. The molecule has 1 N–H and O–H groups in total. The van der Waals surface area contributed by atoms with E-state index < -0.39 is 0 Å². The van der Waals surface area contributed by atoms with E-state index in [4.69, 9.17) is 9.47 Å². The normalized spacial score (nSPS) is 29.6. The molecule has 1 aromatic heterocycles. The molecule has 3 atom stereocenters. The molecular formula is C15H23N3O3. The van der Waals surface area contributed by atoms with Gasteiger partial charge in [0, 0.05) is 25.1 Å². The third kappa shape index (κ3) is 3.11. The lowest BCUT2D eigenvalue weighted by Gasteiger charge is -2.37. The Morgan fingerprint density at radius 1 is 1.43 bits per heavy atom. The highest BCUT2D eigenvalue weighted by Gasteiger charge is 2.38. The number of hydrogen-bond donors (Lipinski definition) is 1. The highest BCUT2D eigenvalue weighted by atomic mass is 16.5. The van der Waals surface area contributed by atoms with Crippen molar-refractivity contribution in [3.8, 4) is 5.88 Å². The summed E-state index contributed by atoms with van der Waals surface area (Å²) in [6.07, 6.45) is 6.01. The van der Waals surface area contributed by atoms with E-state index in [-0.39, 0.29) is 18.1 Å². The Labute approximate surface area is 125 Å². The molecule has 3 heterocycles. The number of aromatic nitrogens is 2. The van der Waals surface area contributed by atoms with Crippen LogP contribution in [-0.4, -0.2) is 53.6 Å². The summed E-state index contributed by atoms with van der Waals surface area (Å²) < 4.78 is 11.0. The van der Waals surface area contributed by atoms with Crippen LogP contribution >= 0.6 is 0 Å². The zero-order valence-corrected chi connectivity index (χ0v) is 12.4. The molecule has 0 radical (unpaired) electrons. The second kappa shape index (κ2) is 6.58. The standard InChI is InChI=1S/C15H23N3O3/c1-2-21-15-9-16-8-14(17-15)18-6-3-4-12(18)11-10-20-7-5-13(11)19/h8-9,11-13,19H,2-7,10H2,1H3/t11-,12+,13+/m0/s1. The van der Waals surface area contributed by atoms with Crippen molar-refractivity contribution < 1.29 is 14.6 Å². The van der Waals surface area contributed by atoms with E-state index in [0.717, 1.165) is 31.6 Å². The molecule has 6 heteroatoms. The monoisotopic (exact) mass is 293 g/mol. The zero-order valence-electron chi connectivity index (χ0n) is 12.4. The Kier molecular flexibility index (Phi) is 4.55. The third-order valence-corrected chi connectivity index (χ3v) is 4.34. The van der Waals surface area contributed by atoms with Crippen molar-refractivity contribution in [1.82, 2.24) is 9.97 Å². The fourth-order valence-electron chi connectivity index (χ4n) is 3.33. The fraction of sp³-hybridized carbons (Fsp3) is 0.733. The van der Waals surface area contributed by atoms with Crippen molar-refractivity contribution in [2.75, 3.05) is 31.3 Å². The summed E-state index contributed by atoms with van der Waals surface area (Å²) in [5.74, 6) is 1.54. The number of anilines is 1. The summed E-state index contributed by atoms with van der Waals surface area (Å²) in [7, 11) is 0. The molecule has 0 unspecified atom stereocenters. The van der Waals surface area contributed by atoms with Crippen molar-refractivity contribution in [3.63, 3.8) is 0 Å². The van der Waals surface area contributed by atoms with Gasteiger partial charge in [0.2, 0.25) is 5.88 Å². The number of ether oxygens (including phenoxy) is 2. The predicted octanol–water partition coefficient (Wildman–Crippen LogP) is 1.24. The molecule has 2 aliphatic heterocycles. The Bertz CT molecular complexity index is 471. The molecule has 0 aromatic carbocycles. The van der Waals surface area contributed by atoms with Gasteiger partial charge in [0.15, 0.2) is 5.82 Å². The third-order valence-electron chi connectivity index (χ3n) is 4.34. The topological polar surface area (TPSA) is 67.7 Å². The Morgan fingerprint density at radius 3 is 3.14 bits per heavy atom. The molecule has 0 spiro atoms. The average Bonchev–Trinajstić information content (AvgIpc) is 2.98. The highest BCUT2D eigenvalue weighted by Crippen LogP contribution is 2.32. The van der Waals surface area contributed by atoms with Crippen LogP contribution in [0.3, 0.4) is 0 Å². The van der Waals surface area contributed by atoms with Gasteiger partial charge in [-0.1, -0.05) is 0 Å². The largest absolute Gasteiger partial charge is 0.477 e. The average molecular weight is 293 g/mol. The first-order chi connectivity index (χ1) is 10.3. The molecule has 2 aliphatic rings. The maximum Gasteiger partial charge on any atom is 0.234 e. The Morgan fingerprint density at radius 2 is 2.33 bits per heavy atom. The molecule has 6 nitrogen and oxygen atoms in total. The van der Waals surface area contributed by atoms with Crippen LogP contribution in [-0.2, 0) is 4.74 Å². The summed E-state index contributed by atoms with van der Waals surface area (Å²) in [4.78, 5) is 11.0. The van der Waals surface area contributed by atoms with E-state index >= 15 is 0 Å². The van der Waals surface area contributed by atoms with Gasteiger partial charge in [0.05, 0.1) is 31.7 Å². The minimum atomic E-state index is -0.285. The van der Waals surface area contributed by atoms with E-state index in [1.165, 1.54) is 0 Å². The molecular weight excluding hydrogens is 270 g/mol. The first kappa shape index (κ1) is 14.5. The van der Waals surface area contributed by atoms with Crippen LogP contribution in [0, 0.1) is 5.92 Å². The summed E-state index contributed by atoms with van der Waals surface area (Å²) in [5.41, 5.74) is 0. The van der Waals surface area contributed by atoms with Gasteiger partial charge < -0.3 is 19.5 Å². The summed E-state index contributed by atoms with van der Waals surface area (Å²) in [5, 5.41) is 10.3. The molecule has 3 rings (SSSR count). The van der Waals surface area contributed by atoms with Crippen LogP contribution in [0.4, 0.5) is 5.82 Å². The lowest BCUT2D eigenvalue weighted by molar-refractivity contribution is -0.0438. The van der Waals surface area contributed by atoms with Crippen molar-refractivity contribution in [3.05, 3.63) is 12.4 Å². The summed E-state index contributed by atoms with van der Waals surface area (Å²) >= 11 is 0. The quantitative estimate of drug-likeness (QED) is 0.901. The van der Waals surface area contributed by atoms with Crippen LogP contribution in [0.25, 0.3) is 0 Å². The molecule has 116 valence electrons. The minimum absolute atomic E-state index is 0.152. The predicted molar refractivity (Wildman–Crippen MR) is 78.5 cm³/mol. The van der Waals surface area contributed by atoms with E-state index in [1.54, 1.807) is 12.4 Å². The Hall–Kier alpha value is -1.40. The molecule has 2 fully saturated rings. The van der Waals surface area contributed by atoms with Gasteiger partial charge in [-0.05, 0) is 26.2 Å². The summed E-state index contributed by atoms with van der Waals surface area (Å²) in [6.45, 7) is 4.74. The smallest absolute Gasteiger partial charge is 0.234 e. The first-order valence-corrected chi connectivity index (χ1v) is 7.77. The van der Waals surface area contributed by atoms with Crippen LogP contribution in [0.15, 0.2) is 12.4 Å². The summed E-state index contributed by atoms with van der Waals surface area (Å²) in [6, 6.07) is 0.270. The molecule has 2 saturated heterocycles. The second-order valence-electron chi connectivity index (χ2n) is 5.65. The van der Waals surface area contributed by atoms with Crippen LogP contribution in [0.1, 0.15) is 26.2 Å². The number of hydrogen-bond acceptors (Lipinski definition) is 6. The molecule has 1 aromatic rings. The van der Waals surface area contributed by atoms with Gasteiger partial charge in [0.25, 0.3) is 0 Å². The van der Waals surface area contributed by atoms with Crippen LogP contribution in [0.2, 0.25) is 0 Å². The van der Waals surface area contributed by atoms with Gasteiger partial charge in [0.1, 0.15) is 0 Å². The van der Waals surface area contributed by atoms with E-state index in [9.17, 15) is 5.11 Å². The second-order valence-corrected chi connectivity index (χ2v) is 5.65. The van der Waals surface area contributed by atoms with E-state index in [0.29, 0.717) is 25.7 Å². The highest BCUT2D eigenvalue weighted by molar-refractivity contribution is 5.40. The fourth-order valence-corrected chi connectivity index (χ4v) is 3.33. The number of nitrogens with zero attached hydrogens (tertiary/aromatic N) is 3. The van der Waals surface area contributed by atoms with Crippen molar-refractivity contribution >= 4 is 5.82 Å². The van der Waals surface area contributed by atoms with E-state index in [2.05, 4.69) is 14.9 Å². The number of aliphatic hydroxyl groups is 1. The number of aliphatic hydroxyl groups excluding tert-OH is 1. The Balaban J connectivity index is 1.78. The van der Waals surface area contributed by atoms with Gasteiger partial charge in [-0.15, -0.1) is 0 Å². The lowest BCUT2D eigenvalue weighted by atomic mass is 9.89. The number of rotatable bonds is 4. The first-order valence-electron chi connectivity index (χ1n) is 7.77. The van der Waals surface area contributed by atoms with Gasteiger partial charge in [-0.3, -0.25) is 4.98 Å². The molecule has 21 heavy (non-hydrogen) atoms. The van der Waals surface area contributed by atoms with Gasteiger partial charge in [-0.25, -0.2) is 0 Å². The van der Waals surface area contributed by atoms with Gasteiger partial charge >= 0.3 is 0 Å².